The van der Waals surface area contributed by atoms with E-state index < -0.39 is 5.82 Å². The van der Waals surface area contributed by atoms with Gasteiger partial charge in [0.05, 0.1) is 10.7 Å². The van der Waals surface area contributed by atoms with Crippen molar-refractivity contribution in [3.05, 3.63) is 64.2 Å². The number of imidazole rings is 1. The van der Waals surface area contributed by atoms with E-state index in [9.17, 15) is 0 Å². The molecule has 0 bridgehead atoms. The number of benzene rings is 2. The predicted octanol–water partition coefficient (Wildman–Crippen LogP) is 6.67. The number of halogens is 3. The van der Waals surface area contributed by atoms with Crippen LogP contribution in [0.3, 0.4) is 0 Å². The van der Waals surface area contributed by atoms with Gasteiger partial charge in [-0.15, -0.1) is 5.10 Å². The highest BCUT2D eigenvalue weighted by molar-refractivity contribution is 6.31. The highest BCUT2D eigenvalue weighted by atomic mass is 35.5. The molecule has 164 valence electrons. The van der Waals surface area contributed by atoms with Gasteiger partial charge < -0.3 is 10.2 Å². The van der Waals surface area contributed by atoms with E-state index in [-0.39, 0.29) is 28.4 Å². The Kier molecular flexibility index (Phi) is 5.61. The van der Waals surface area contributed by atoms with Crippen LogP contribution in [-0.4, -0.2) is 19.7 Å². The summed E-state index contributed by atoms with van der Waals surface area (Å²) in [5, 5.41) is 8.39. The van der Waals surface area contributed by atoms with Crippen molar-refractivity contribution in [2.75, 3.05) is 5.73 Å². The fourth-order valence-corrected chi connectivity index (χ4v) is 4.72. The van der Waals surface area contributed by atoms with Crippen LogP contribution in [0.2, 0.25) is 10.0 Å². The lowest BCUT2D eigenvalue weighted by Gasteiger charge is -2.23. The fraction of sp³-hybridized carbons (Fsp3) is 0.261. The molecule has 1 aliphatic rings. The lowest BCUT2D eigenvalue weighted by Crippen LogP contribution is -2.12. The maximum atomic E-state index is 15.3. The third kappa shape index (κ3) is 3.76. The average Bonchev–Trinajstić information content (AvgIpc) is 3.40. The third-order valence-corrected chi connectivity index (χ3v) is 6.32. The van der Waals surface area contributed by atoms with Crippen LogP contribution in [0.25, 0.3) is 28.5 Å². The van der Waals surface area contributed by atoms with Crippen LogP contribution in [0, 0.1) is 5.82 Å². The van der Waals surface area contributed by atoms with Crippen molar-refractivity contribution in [1.29, 1.82) is 0 Å². The summed E-state index contributed by atoms with van der Waals surface area (Å²) in [4.78, 5) is 4.93. The molecule has 1 aliphatic carbocycles. The van der Waals surface area contributed by atoms with Crippen molar-refractivity contribution in [2.24, 2.45) is 0 Å². The van der Waals surface area contributed by atoms with Gasteiger partial charge in [0.1, 0.15) is 5.82 Å². The Bertz CT molecular complexity index is 1280. The molecule has 0 amide bonds. The van der Waals surface area contributed by atoms with Crippen LogP contribution < -0.4 is 5.73 Å². The number of nitrogen functional groups attached to an aromatic ring is 1. The van der Waals surface area contributed by atoms with Gasteiger partial charge in [-0.25, -0.2) is 9.37 Å². The topological polar surface area (TPSA) is 82.8 Å². The van der Waals surface area contributed by atoms with Crippen molar-refractivity contribution in [3.8, 4) is 28.5 Å². The van der Waals surface area contributed by atoms with E-state index in [0.29, 0.717) is 16.4 Å². The van der Waals surface area contributed by atoms with Gasteiger partial charge in [0, 0.05) is 22.2 Å². The summed E-state index contributed by atoms with van der Waals surface area (Å²) in [5.74, 6) is 0.557. The Morgan fingerprint density at radius 1 is 1.03 bits per heavy atom. The largest absolute Gasteiger partial charge is 0.402 e. The summed E-state index contributed by atoms with van der Waals surface area (Å²) in [5.41, 5.74) is 7.56. The van der Waals surface area contributed by atoms with Crippen molar-refractivity contribution < 1.29 is 8.81 Å². The van der Waals surface area contributed by atoms with Gasteiger partial charge >= 0.3 is 6.01 Å². The van der Waals surface area contributed by atoms with E-state index in [1.807, 2.05) is 22.8 Å². The van der Waals surface area contributed by atoms with Crippen molar-refractivity contribution in [1.82, 2.24) is 19.7 Å². The standard InChI is InChI=1S/C23H20Cl2FN5O/c24-14-8-4-9-15(12-14)31-20(16-10-5-11-17(25)18(16)26)19(22-29-30-23(27)32-22)28-21(31)13-6-2-1-3-7-13/h4-5,8-13H,1-3,6-7H2,(H2,27,30). The zero-order valence-corrected chi connectivity index (χ0v) is 18.6. The summed E-state index contributed by atoms with van der Waals surface area (Å²) in [7, 11) is 0. The van der Waals surface area contributed by atoms with E-state index in [1.54, 1.807) is 18.2 Å². The maximum absolute atomic E-state index is 15.3. The van der Waals surface area contributed by atoms with E-state index in [0.717, 1.165) is 37.2 Å². The zero-order valence-electron chi connectivity index (χ0n) is 17.1. The van der Waals surface area contributed by atoms with E-state index in [1.165, 1.54) is 12.5 Å². The highest BCUT2D eigenvalue weighted by Gasteiger charge is 2.31. The molecule has 1 fully saturated rings. The quantitative estimate of drug-likeness (QED) is 0.359. The summed E-state index contributed by atoms with van der Waals surface area (Å²) >= 11 is 12.5. The Hall–Kier alpha value is -2.90. The number of hydrogen-bond acceptors (Lipinski definition) is 5. The molecule has 0 aliphatic heterocycles. The van der Waals surface area contributed by atoms with Crippen LogP contribution >= 0.6 is 23.2 Å². The lowest BCUT2D eigenvalue weighted by molar-refractivity contribution is 0.426. The molecule has 6 nitrogen and oxygen atoms in total. The highest BCUT2D eigenvalue weighted by Crippen LogP contribution is 2.42. The monoisotopic (exact) mass is 471 g/mol. The summed E-state index contributed by atoms with van der Waals surface area (Å²) in [6.45, 7) is 0. The fourth-order valence-electron chi connectivity index (χ4n) is 4.36. The number of rotatable bonds is 4. The molecule has 0 unspecified atom stereocenters. The first-order valence-electron chi connectivity index (χ1n) is 10.4. The minimum absolute atomic E-state index is 0.0107. The first-order chi connectivity index (χ1) is 15.5. The minimum atomic E-state index is -0.554. The molecule has 2 N–H and O–H groups in total. The molecular weight excluding hydrogens is 452 g/mol. The molecule has 2 aromatic heterocycles. The second-order valence-electron chi connectivity index (χ2n) is 7.86. The van der Waals surface area contributed by atoms with Gasteiger partial charge in [-0.2, -0.15) is 0 Å². The van der Waals surface area contributed by atoms with Gasteiger partial charge in [-0.1, -0.05) is 59.7 Å². The summed E-state index contributed by atoms with van der Waals surface area (Å²) in [6.07, 6.45) is 5.38. The molecule has 0 spiro atoms. The lowest BCUT2D eigenvalue weighted by atomic mass is 9.88. The zero-order chi connectivity index (χ0) is 22.2. The van der Waals surface area contributed by atoms with Gasteiger partial charge in [-0.3, -0.25) is 4.57 Å². The van der Waals surface area contributed by atoms with Crippen LogP contribution in [0.4, 0.5) is 10.4 Å². The van der Waals surface area contributed by atoms with Crippen LogP contribution in [0.5, 0.6) is 0 Å². The maximum Gasteiger partial charge on any atom is 0.313 e. The van der Waals surface area contributed by atoms with Crippen LogP contribution in [-0.2, 0) is 0 Å². The summed E-state index contributed by atoms with van der Waals surface area (Å²) in [6, 6.07) is 12.2. The molecule has 5 rings (SSSR count). The van der Waals surface area contributed by atoms with Gasteiger partial charge in [0.25, 0.3) is 5.89 Å². The summed E-state index contributed by atoms with van der Waals surface area (Å²) < 4.78 is 22.8. The third-order valence-electron chi connectivity index (χ3n) is 5.79. The van der Waals surface area contributed by atoms with E-state index in [4.69, 9.17) is 38.3 Å². The molecule has 0 radical (unpaired) electrons. The molecule has 2 heterocycles. The Balaban J connectivity index is 1.86. The molecule has 9 heteroatoms. The number of anilines is 1. The number of hydrogen-bond donors (Lipinski definition) is 1. The molecule has 32 heavy (non-hydrogen) atoms. The Labute approximate surface area is 194 Å². The van der Waals surface area contributed by atoms with Crippen LogP contribution in [0.1, 0.15) is 43.8 Å². The number of aromatic nitrogens is 4. The Morgan fingerprint density at radius 3 is 2.53 bits per heavy atom. The first-order valence-corrected chi connectivity index (χ1v) is 11.2. The van der Waals surface area contributed by atoms with E-state index in [2.05, 4.69) is 10.2 Å². The van der Waals surface area contributed by atoms with Gasteiger partial charge in [0.2, 0.25) is 0 Å². The first kappa shape index (κ1) is 21.0. The van der Waals surface area contributed by atoms with Crippen molar-refractivity contribution in [3.63, 3.8) is 0 Å². The average molecular weight is 472 g/mol. The number of nitrogens with zero attached hydrogens (tertiary/aromatic N) is 4. The van der Waals surface area contributed by atoms with Crippen molar-refractivity contribution >= 4 is 29.2 Å². The van der Waals surface area contributed by atoms with Crippen LogP contribution in [0.15, 0.2) is 46.9 Å². The molecule has 0 saturated heterocycles. The molecular formula is C23H20Cl2FN5O. The number of nitrogens with two attached hydrogens (primary N) is 1. The molecule has 1 saturated carbocycles. The normalized spacial score (nSPS) is 14.7. The van der Waals surface area contributed by atoms with E-state index >= 15 is 4.39 Å². The molecule has 4 aromatic rings. The van der Waals surface area contributed by atoms with Gasteiger partial charge in [-0.05, 0) is 43.2 Å². The Morgan fingerprint density at radius 2 is 1.81 bits per heavy atom. The minimum Gasteiger partial charge on any atom is -0.402 e. The molecule has 0 atom stereocenters. The molecule has 2 aromatic carbocycles. The second kappa shape index (κ2) is 8.56. The second-order valence-corrected chi connectivity index (χ2v) is 8.71. The smallest absolute Gasteiger partial charge is 0.313 e. The van der Waals surface area contributed by atoms with Gasteiger partial charge in [0.15, 0.2) is 11.5 Å². The van der Waals surface area contributed by atoms with Crippen molar-refractivity contribution in [2.45, 2.75) is 38.0 Å². The SMILES string of the molecule is Nc1nnc(-c2nc(C3CCCCC3)n(-c3cccc(Cl)c3)c2-c2cccc(Cl)c2F)o1. The predicted molar refractivity (Wildman–Crippen MR) is 123 cm³/mol.